The number of aromatic nitrogens is 1. The fourth-order valence-corrected chi connectivity index (χ4v) is 5.56. The molecule has 2 aromatic carbocycles. The van der Waals surface area contributed by atoms with Crippen LogP contribution in [0.3, 0.4) is 0 Å². The molecule has 0 spiro atoms. The zero-order valence-corrected chi connectivity index (χ0v) is 17.7. The summed E-state index contributed by atoms with van der Waals surface area (Å²) in [7, 11) is -3.47. The summed E-state index contributed by atoms with van der Waals surface area (Å²) in [5, 5.41) is 4.17. The molecule has 0 radical (unpaired) electrons. The maximum absolute atomic E-state index is 13.1. The van der Waals surface area contributed by atoms with Crippen LogP contribution in [0.5, 0.6) is 0 Å². The van der Waals surface area contributed by atoms with Crippen LogP contribution in [0, 0.1) is 6.92 Å². The first-order valence-corrected chi connectivity index (χ1v) is 11.6. The second-order valence-electron chi connectivity index (χ2n) is 7.85. The highest BCUT2D eigenvalue weighted by atomic mass is 32.2. The van der Waals surface area contributed by atoms with Crippen molar-refractivity contribution in [1.82, 2.24) is 9.29 Å². The molecule has 152 valence electrons. The molecular weight excluding hydrogens is 382 g/mol. The van der Waals surface area contributed by atoms with Gasteiger partial charge in [-0.2, -0.15) is 4.31 Å². The van der Waals surface area contributed by atoms with E-state index in [1.165, 1.54) is 11.1 Å². The van der Waals surface area contributed by atoms with Gasteiger partial charge in [-0.15, -0.1) is 0 Å². The first-order valence-electron chi connectivity index (χ1n) is 10.2. The highest BCUT2D eigenvalue weighted by molar-refractivity contribution is 7.89. The van der Waals surface area contributed by atoms with Gasteiger partial charge < -0.3 is 5.32 Å². The lowest BCUT2D eigenvalue weighted by Crippen LogP contribution is -2.41. The Morgan fingerprint density at radius 1 is 1.07 bits per heavy atom. The normalized spacial score (nSPS) is 18.1. The Bertz CT molecular complexity index is 1110. The largest absolute Gasteiger partial charge is 0.366 e. The number of sulfonamides is 1. The minimum atomic E-state index is -3.47. The van der Waals surface area contributed by atoms with Gasteiger partial charge in [0.15, 0.2) is 0 Å². The van der Waals surface area contributed by atoms with Crippen molar-refractivity contribution in [3.05, 3.63) is 65.7 Å². The van der Waals surface area contributed by atoms with Crippen LogP contribution in [0.25, 0.3) is 10.9 Å². The van der Waals surface area contributed by atoms with Crippen LogP contribution in [-0.2, 0) is 16.6 Å². The standard InChI is InChI=1S/C23H27N3O2S/c1-17-6-8-19(9-7-17)16-24-23-13-10-20-15-21(11-12-22(20)25-23)29(27,28)26-14-4-3-5-18(26)2/h6-13,15,18H,3-5,14,16H2,1-2H3,(H,24,25)/t18-/m0/s1. The van der Waals surface area contributed by atoms with Gasteiger partial charge in [-0.25, -0.2) is 13.4 Å². The summed E-state index contributed by atoms with van der Waals surface area (Å²) in [5.74, 6) is 0.776. The topological polar surface area (TPSA) is 62.3 Å². The van der Waals surface area contributed by atoms with Crippen molar-refractivity contribution < 1.29 is 8.42 Å². The maximum Gasteiger partial charge on any atom is 0.243 e. The Kier molecular flexibility index (Phi) is 5.56. The summed E-state index contributed by atoms with van der Waals surface area (Å²) in [6.45, 7) is 5.35. The number of hydrogen-bond acceptors (Lipinski definition) is 4. The molecule has 2 heterocycles. The van der Waals surface area contributed by atoms with Gasteiger partial charge in [-0.05, 0) is 62.6 Å². The second kappa shape index (κ2) is 8.13. The molecule has 0 aliphatic carbocycles. The number of hydrogen-bond donors (Lipinski definition) is 1. The Morgan fingerprint density at radius 3 is 2.62 bits per heavy atom. The molecule has 3 aromatic rings. The van der Waals surface area contributed by atoms with Gasteiger partial charge in [-0.1, -0.05) is 36.2 Å². The molecule has 1 aliphatic rings. The van der Waals surface area contributed by atoms with E-state index in [9.17, 15) is 8.42 Å². The van der Waals surface area contributed by atoms with Gasteiger partial charge in [-0.3, -0.25) is 0 Å². The molecule has 1 N–H and O–H groups in total. The maximum atomic E-state index is 13.1. The monoisotopic (exact) mass is 409 g/mol. The molecule has 0 bridgehead atoms. The number of fused-ring (bicyclic) bond motifs is 1. The zero-order valence-electron chi connectivity index (χ0n) is 16.9. The third-order valence-electron chi connectivity index (χ3n) is 5.60. The third kappa shape index (κ3) is 4.28. The van der Waals surface area contributed by atoms with Crippen molar-refractivity contribution in [3.8, 4) is 0 Å². The van der Waals surface area contributed by atoms with E-state index in [4.69, 9.17) is 0 Å². The quantitative estimate of drug-likeness (QED) is 0.662. The number of piperidine rings is 1. The predicted octanol–water partition coefficient (Wildman–Crippen LogP) is 4.72. The van der Waals surface area contributed by atoms with E-state index in [0.717, 1.165) is 36.0 Å². The highest BCUT2D eigenvalue weighted by Gasteiger charge is 2.31. The predicted molar refractivity (Wildman–Crippen MR) is 117 cm³/mol. The van der Waals surface area contributed by atoms with E-state index >= 15 is 0 Å². The summed E-state index contributed by atoms with van der Waals surface area (Å²) in [4.78, 5) is 4.99. The van der Waals surface area contributed by atoms with Gasteiger partial charge in [0.25, 0.3) is 0 Å². The molecule has 0 saturated carbocycles. The van der Waals surface area contributed by atoms with Gasteiger partial charge in [0, 0.05) is 24.5 Å². The number of nitrogens with one attached hydrogen (secondary N) is 1. The van der Waals surface area contributed by atoms with Crippen LogP contribution in [0.15, 0.2) is 59.5 Å². The SMILES string of the molecule is Cc1ccc(CNc2ccc3cc(S(=O)(=O)N4CCCC[C@@H]4C)ccc3n2)cc1. The second-order valence-corrected chi connectivity index (χ2v) is 9.74. The van der Waals surface area contributed by atoms with Crippen LogP contribution < -0.4 is 5.32 Å². The lowest BCUT2D eigenvalue weighted by atomic mass is 10.1. The Morgan fingerprint density at radius 2 is 1.86 bits per heavy atom. The lowest BCUT2D eigenvalue weighted by molar-refractivity contribution is 0.268. The molecule has 1 saturated heterocycles. The fourth-order valence-electron chi connectivity index (χ4n) is 3.83. The van der Waals surface area contributed by atoms with Crippen molar-refractivity contribution in [2.45, 2.75) is 50.6 Å². The van der Waals surface area contributed by atoms with Gasteiger partial charge in [0.05, 0.1) is 10.4 Å². The summed E-state index contributed by atoms with van der Waals surface area (Å²) in [5.41, 5.74) is 3.21. The number of rotatable bonds is 5. The molecule has 1 aliphatic heterocycles. The summed E-state index contributed by atoms with van der Waals surface area (Å²) >= 11 is 0. The summed E-state index contributed by atoms with van der Waals surface area (Å²) in [6, 6.07) is 17.5. The first kappa shape index (κ1) is 19.9. The lowest BCUT2D eigenvalue weighted by Gasteiger charge is -2.32. The fraction of sp³-hybridized carbons (Fsp3) is 0.348. The van der Waals surface area contributed by atoms with Gasteiger partial charge in [0.1, 0.15) is 5.82 Å². The summed E-state index contributed by atoms with van der Waals surface area (Å²) in [6.07, 6.45) is 2.94. The molecule has 5 nitrogen and oxygen atoms in total. The average Bonchev–Trinajstić information content (AvgIpc) is 2.73. The molecule has 29 heavy (non-hydrogen) atoms. The molecule has 0 unspecified atom stereocenters. The van der Waals surface area contributed by atoms with E-state index in [1.807, 2.05) is 19.1 Å². The number of aryl methyl sites for hydroxylation is 1. The molecule has 4 rings (SSSR count). The minimum Gasteiger partial charge on any atom is -0.366 e. The molecule has 1 fully saturated rings. The van der Waals surface area contributed by atoms with E-state index in [2.05, 4.69) is 41.5 Å². The molecule has 6 heteroatoms. The molecule has 1 atom stereocenters. The van der Waals surface area contributed by atoms with E-state index in [1.54, 1.807) is 22.5 Å². The van der Waals surface area contributed by atoms with Crippen LogP contribution in [-0.4, -0.2) is 30.3 Å². The van der Waals surface area contributed by atoms with Crippen LogP contribution >= 0.6 is 0 Å². The Balaban J connectivity index is 1.54. The van der Waals surface area contributed by atoms with Gasteiger partial charge >= 0.3 is 0 Å². The third-order valence-corrected chi connectivity index (χ3v) is 7.61. The molecule has 1 aromatic heterocycles. The average molecular weight is 410 g/mol. The van der Waals surface area contributed by atoms with Crippen molar-refractivity contribution in [3.63, 3.8) is 0 Å². The highest BCUT2D eigenvalue weighted by Crippen LogP contribution is 2.27. The van der Waals surface area contributed by atoms with Crippen molar-refractivity contribution in [1.29, 1.82) is 0 Å². The first-order chi connectivity index (χ1) is 13.9. The summed E-state index contributed by atoms with van der Waals surface area (Å²) < 4.78 is 27.8. The van der Waals surface area contributed by atoms with Crippen molar-refractivity contribution in [2.24, 2.45) is 0 Å². The van der Waals surface area contributed by atoms with Crippen molar-refractivity contribution >= 4 is 26.7 Å². The van der Waals surface area contributed by atoms with Gasteiger partial charge in [0.2, 0.25) is 10.0 Å². The molecule has 0 amide bonds. The van der Waals surface area contributed by atoms with E-state index in [0.29, 0.717) is 18.0 Å². The molecular formula is C23H27N3O2S. The minimum absolute atomic E-state index is 0.0518. The smallest absolute Gasteiger partial charge is 0.243 e. The Hall–Kier alpha value is -2.44. The number of anilines is 1. The van der Waals surface area contributed by atoms with E-state index in [-0.39, 0.29) is 6.04 Å². The van der Waals surface area contributed by atoms with Crippen molar-refractivity contribution in [2.75, 3.05) is 11.9 Å². The van der Waals surface area contributed by atoms with Crippen LogP contribution in [0.4, 0.5) is 5.82 Å². The van der Waals surface area contributed by atoms with Crippen LogP contribution in [0.2, 0.25) is 0 Å². The van der Waals surface area contributed by atoms with Crippen LogP contribution in [0.1, 0.15) is 37.3 Å². The number of pyridine rings is 1. The Labute approximate surface area is 172 Å². The number of nitrogens with zero attached hydrogens (tertiary/aromatic N) is 2. The zero-order chi connectivity index (χ0) is 20.4. The van der Waals surface area contributed by atoms with E-state index < -0.39 is 10.0 Å². The number of benzene rings is 2.